The number of phenolic OH excluding ortho intramolecular Hbond substituents is 1. The molecule has 3 N–H and O–H groups in total. The molecule has 1 aliphatic rings. The second-order valence-corrected chi connectivity index (χ2v) is 8.97. The third kappa shape index (κ3) is 5.14. The van der Waals surface area contributed by atoms with Crippen LogP contribution in [0.2, 0.25) is 0 Å². The van der Waals surface area contributed by atoms with Crippen molar-refractivity contribution in [3.8, 4) is 22.8 Å². The second-order valence-electron chi connectivity index (χ2n) is 8.97. The number of methoxy groups -OCH3 is 1. The van der Waals surface area contributed by atoms with Crippen LogP contribution in [0.25, 0.3) is 11.3 Å². The molecule has 1 atom stereocenters. The zero-order chi connectivity index (χ0) is 25.0. The highest BCUT2D eigenvalue weighted by Gasteiger charge is 2.37. The Morgan fingerprint density at radius 1 is 1.03 bits per heavy atom. The number of amides is 1. The lowest BCUT2D eigenvalue weighted by molar-refractivity contribution is -0.162. The van der Waals surface area contributed by atoms with Crippen molar-refractivity contribution in [1.29, 1.82) is 0 Å². The van der Waals surface area contributed by atoms with Crippen molar-refractivity contribution in [2.24, 2.45) is 5.73 Å². The number of benzene rings is 2. The number of primary amides is 1. The van der Waals surface area contributed by atoms with E-state index in [9.17, 15) is 14.7 Å². The van der Waals surface area contributed by atoms with Gasteiger partial charge in [-0.2, -0.15) is 0 Å². The van der Waals surface area contributed by atoms with E-state index in [1.54, 1.807) is 24.4 Å². The van der Waals surface area contributed by atoms with Crippen LogP contribution in [0.1, 0.15) is 61.6 Å². The third-order valence-corrected chi connectivity index (χ3v) is 6.62. The Morgan fingerprint density at radius 3 is 2.46 bits per heavy atom. The van der Waals surface area contributed by atoms with Gasteiger partial charge in [0.25, 0.3) is 0 Å². The standard InChI is InChI=1S/C28H30N2O5/c1-18(31)35-28(12-4-3-5-13-28)22-8-6-7-19(15-22)23-16-21(11-14-30-23)26(27(29)33)20-9-10-24(32)25(17-20)34-2/h6-11,14-17,26,32H,3-5,12-13H2,1-2H3,(H2,29,33). The van der Waals surface area contributed by atoms with E-state index in [2.05, 4.69) is 4.98 Å². The molecule has 0 bridgehead atoms. The molecule has 182 valence electrons. The smallest absolute Gasteiger partial charge is 0.303 e. The molecule has 1 saturated carbocycles. The molecule has 1 aliphatic carbocycles. The largest absolute Gasteiger partial charge is 0.504 e. The fraction of sp³-hybridized carbons (Fsp3) is 0.321. The summed E-state index contributed by atoms with van der Waals surface area (Å²) in [5, 5.41) is 9.95. The summed E-state index contributed by atoms with van der Waals surface area (Å²) in [6.45, 7) is 1.45. The summed E-state index contributed by atoms with van der Waals surface area (Å²) in [5.41, 5.74) is 8.93. The van der Waals surface area contributed by atoms with E-state index in [-0.39, 0.29) is 17.5 Å². The lowest BCUT2D eigenvalue weighted by Crippen LogP contribution is -2.34. The predicted molar refractivity (Wildman–Crippen MR) is 132 cm³/mol. The van der Waals surface area contributed by atoms with Crippen molar-refractivity contribution in [3.05, 3.63) is 77.5 Å². The molecular weight excluding hydrogens is 444 g/mol. The Hall–Kier alpha value is -3.87. The molecule has 1 unspecified atom stereocenters. The fourth-order valence-corrected chi connectivity index (χ4v) is 4.99. The molecule has 1 heterocycles. The van der Waals surface area contributed by atoms with Crippen molar-refractivity contribution in [2.75, 3.05) is 7.11 Å². The van der Waals surface area contributed by atoms with Crippen molar-refractivity contribution in [3.63, 3.8) is 0 Å². The highest BCUT2D eigenvalue weighted by atomic mass is 16.6. The maximum absolute atomic E-state index is 12.5. The molecule has 7 nitrogen and oxygen atoms in total. The zero-order valence-electron chi connectivity index (χ0n) is 20.0. The normalized spacial score (nSPS) is 15.7. The molecular formula is C28H30N2O5. The highest BCUT2D eigenvalue weighted by molar-refractivity contribution is 5.86. The number of hydrogen-bond donors (Lipinski definition) is 2. The van der Waals surface area contributed by atoms with Gasteiger partial charge in [0.2, 0.25) is 5.91 Å². The Kier molecular flexibility index (Phi) is 7.05. The first-order valence-electron chi connectivity index (χ1n) is 11.8. The van der Waals surface area contributed by atoms with Crippen LogP contribution >= 0.6 is 0 Å². The predicted octanol–water partition coefficient (Wildman–Crippen LogP) is 4.80. The first kappa shape index (κ1) is 24.3. The van der Waals surface area contributed by atoms with Crippen molar-refractivity contribution >= 4 is 11.9 Å². The van der Waals surface area contributed by atoms with Crippen molar-refractivity contribution in [1.82, 2.24) is 4.98 Å². The summed E-state index contributed by atoms with van der Waals surface area (Å²) in [7, 11) is 1.45. The number of carbonyl (C=O) groups is 2. The van der Waals surface area contributed by atoms with Crippen molar-refractivity contribution < 1.29 is 24.2 Å². The maximum Gasteiger partial charge on any atom is 0.303 e. The first-order chi connectivity index (χ1) is 16.8. The number of hydrogen-bond acceptors (Lipinski definition) is 6. The lowest BCUT2D eigenvalue weighted by atomic mass is 9.78. The van der Waals surface area contributed by atoms with Gasteiger partial charge in [-0.05, 0) is 72.7 Å². The molecule has 0 radical (unpaired) electrons. The highest BCUT2D eigenvalue weighted by Crippen LogP contribution is 2.42. The average Bonchev–Trinajstić information content (AvgIpc) is 2.85. The van der Waals surface area contributed by atoms with E-state index < -0.39 is 17.4 Å². The summed E-state index contributed by atoms with van der Waals surface area (Å²) in [5.74, 6) is -1.32. The van der Waals surface area contributed by atoms with Crippen LogP contribution in [0.5, 0.6) is 11.5 Å². The fourth-order valence-electron chi connectivity index (χ4n) is 4.99. The van der Waals surface area contributed by atoms with Gasteiger partial charge in [0, 0.05) is 18.7 Å². The quantitative estimate of drug-likeness (QED) is 0.476. The number of rotatable bonds is 7. The van der Waals surface area contributed by atoms with Gasteiger partial charge in [-0.3, -0.25) is 14.6 Å². The molecule has 4 rings (SSSR count). The SMILES string of the molecule is COc1cc(C(C(N)=O)c2ccnc(-c3cccc(C4(OC(C)=O)CCCCC4)c3)c2)ccc1O. The topological polar surface area (TPSA) is 112 Å². The molecule has 0 spiro atoms. The lowest BCUT2D eigenvalue weighted by Gasteiger charge is -2.37. The van der Waals surface area contributed by atoms with E-state index >= 15 is 0 Å². The molecule has 2 aromatic carbocycles. The number of aromatic nitrogens is 1. The zero-order valence-corrected chi connectivity index (χ0v) is 20.0. The number of nitrogens with two attached hydrogens (primary N) is 1. The van der Waals surface area contributed by atoms with Gasteiger partial charge in [-0.15, -0.1) is 0 Å². The number of pyridine rings is 1. The van der Waals surface area contributed by atoms with Gasteiger partial charge in [0.1, 0.15) is 5.60 Å². The van der Waals surface area contributed by atoms with E-state index in [0.717, 1.165) is 43.2 Å². The number of esters is 1. The monoisotopic (exact) mass is 474 g/mol. The molecule has 7 heteroatoms. The Labute approximate surface area is 204 Å². The minimum Gasteiger partial charge on any atom is -0.504 e. The number of nitrogens with zero attached hydrogens (tertiary/aromatic N) is 1. The second kappa shape index (κ2) is 10.2. The Bertz CT molecular complexity index is 1230. The molecule has 35 heavy (non-hydrogen) atoms. The van der Waals surface area contributed by atoms with Gasteiger partial charge in [-0.1, -0.05) is 30.7 Å². The van der Waals surface area contributed by atoms with E-state index in [4.69, 9.17) is 15.2 Å². The van der Waals surface area contributed by atoms with Gasteiger partial charge < -0.3 is 20.3 Å². The number of aromatic hydroxyl groups is 1. The number of phenols is 1. The molecule has 3 aromatic rings. The average molecular weight is 475 g/mol. The number of carbonyl (C=O) groups excluding carboxylic acids is 2. The maximum atomic E-state index is 12.5. The van der Waals surface area contributed by atoms with E-state index in [1.807, 2.05) is 30.3 Å². The third-order valence-electron chi connectivity index (χ3n) is 6.62. The molecule has 1 fully saturated rings. The van der Waals surface area contributed by atoms with E-state index in [0.29, 0.717) is 16.8 Å². The van der Waals surface area contributed by atoms with Gasteiger partial charge in [-0.25, -0.2) is 0 Å². The van der Waals surface area contributed by atoms with E-state index in [1.165, 1.54) is 20.1 Å². The van der Waals surface area contributed by atoms with Crippen LogP contribution in [0.15, 0.2) is 60.8 Å². The first-order valence-corrected chi connectivity index (χ1v) is 11.8. The minimum absolute atomic E-state index is 0.0175. The summed E-state index contributed by atoms with van der Waals surface area (Å²) in [6.07, 6.45) is 6.35. The van der Waals surface area contributed by atoms with Gasteiger partial charge in [0.15, 0.2) is 11.5 Å². The van der Waals surface area contributed by atoms with Gasteiger partial charge in [0.05, 0.1) is 18.7 Å². The number of ether oxygens (including phenoxy) is 2. The Morgan fingerprint density at radius 2 is 1.77 bits per heavy atom. The van der Waals surface area contributed by atoms with Crippen LogP contribution < -0.4 is 10.5 Å². The molecule has 1 amide bonds. The van der Waals surface area contributed by atoms with Crippen LogP contribution in [0, 0.1) is 0 Å². The minimum atomic E-state index is -0.750. The summed E-state index contributed by atoms with van der Waals surface area (Å²) >= 11 is 0. The van der Waals surface area contributed by atoms with Gasteiger partial charge >= 0.3 is 5.97 Å². The summed E-state index contributed by atoms with van der Waals surface area (Å²) in [4.78, 5) is 29.0. The summed E-state index contributed by atoms with van der Waals surface area (Å²) < 4.78 is 11.1. The molecule has 1 aromatic heterocycles. The molecule has 0 saturated heterocycles. The van der Waals surface area contributed by atoms with Crippen LogP contribution in [-0.2, 0) is 19.9 Å². The van der Waals surface area contributed by atoms with Crippen molar-refractivity contribution in [2.45, 2.75) is 50.5 Å². The van der Waals surface area contributed by atoms with Crippen LogP contribution in [-0.4, -0.2) is 29.1 Å². The Balaban J connectivity index is 1.73. The summed E-state index contributed by atoms with van der Waals surface area (Å²) in [6, 6.07) is 16.2. The molecule has 0 aliphatic heterocycles. The van der Waals surface area contributed by atoms with Crippen LogP contribution in [0.4, 0.5) is 0 Å². The van der Waals surface area contributed by atoms with Crippen LogP contribution in [0.3, 0.4) is 0 Å².